The molecule has 0 spiro atoms. The largest absolute Gasteiger partial charge is 0.468 e. The van der Waals surface area contributed by atoms with Crippen LogP contribution in [-0.2, 0) is 9.53 Å². The van der Waals surface area contributed by atoms with Crippen molar-refractivity contribution in [1.82, 2.24) is 5.32 Å². The van der Waals surface area contributed by atoms with E-state index in [-0.39, 0.29) is 12.1 Å². The van der Waals surface area contributed by atoms with Gasteiger partial charge in [-0.25, -0.2) is 0 Å². The summed E-state index contributed by atoms with van der Waals surface area (Å²) in [4.78, 5) is 34.7. The number of amides is 1. The third-order valence-electron chi connectivity index (χ3n) is 2.55. The first kappa shape index (κ1) is 12.8. The normalized spacial score (nSPS) is 10.2. The van der Waals surface area contributed by atoms with Crippen molar-refractivity contribution in [2.24, 2.45) is 0 Å². The quantitative estimate of drug-likeness (QED) is 0.822. The topological polar surface area (TPSA) is 85.6 Å². The van der Waals surface area contributed by atoms with Gasteiger partial charge in [-0.3, -0.25) is 14.4 Å². The summed E-state index contributed by atoms with van der Waals surface area (Å²) >= 11 is 0. The van der Waals surface area contributed by atoms with Crippen LogP contribution in [0.2, 0.25) is 0 Å². The van der Waals surface area contributed by atoms with Crippen molar-refractivity contribution in [2.45, 2.75) is 0 Å². The van der Waals surface area contributed by atoms with E-state index in [0.717, 1.165) is 6.26 Å². The van der Waals surface area contributed by atoms with Crippen LogP contribution < -0.4 is 10.7 Å². The number of carbonyl (C=O) groups is 2. The number of hydrogen-bond donors (Lipinski definition) is 1. The number of carbonyl (C=O) groups excluding carboxylic acids is 2. The van der Waals surface area contributed by atoms with Crippen LogP contribution in [0.3, 0.4) is 0 Å². The summed E-state index contributed by atoms with van der Waals surface area (Å²) in [6.07, 6.45) is 1.08. The van der Waals surface area contributed by atoms with E-state index in [2.05, 4.69) is 10.1 Å². The van der Waals surface area contributed by atoms with Crippen LogP contribution in [0, 0.1) is 0 Å². The molecule has 0 radical (unpaired) electrons. The van der Waals surface area contributed by atoms with E-state index in [1.807, 2.05) is 0 Å². The van der Waals surface area contributed by atoms with Crippen molar-refractivity contribution in [3.8, 4) is 0 Å². The fourth-order valence-corrected chi connectivity index (χ4v) is 1.55. The fourth-order valence-electron chi connectivity index (χ4n) is 1.55. The van der Waals surface area contributed by atoms with Crippen LogP contribution in [-0.4, -0.2) is 25.5 Å². The zero-order valence-corrected chi connectivity index (χ0v) is 10.1. The van der Waals surface area contributed by atoms with Crippen LogP contribution >= 0.6 is 0 Å². The molecule has 19 heavy (non-hydrogen) atoms. The Hall–Kier alpha value is -2.63. The van der Waals surface area contributed by atoms with E-state index in [4.69, 9.17) is 4.42 Å². The molecular weight excluding hydrogens is 250 g/mol. The summed E-state index contributed by atoms with van der Waals surface area (Å²) in [5.41, 5.74) is -0.191. The first-order chi connectivity index (χ1) is 9.13. The number of fused-ring (bicyclic) bond motifs is 1. The second-order valence-electron chi connectivity index (χ2n) is 3.73. The first-order valence-electron chi connectivity index (χ1n) is 5.49. The maximum absolute atomic E-state index is 12.0. The van der Waals surface area contributed by atoms with Gasteiger partial charge in [0.05, 0.1) is 12.5 Å². The predicted molar refractivity (Wildman–Crippen MR) is 66.8 cm³/mol. The molecule has 0 aliphatic carbocycles. The summed E-state index contributed by atoms with van der Waals surface area (Å²) < 4.78 is 9.58. The van der Waals surface area contributed by atoms with Crippen molar-refractivity contribution in [3.63, 3.8) is 0 Å². The van der Waals surface area contributed by atoms with Crippen molar-refractivity contribution < 1.29 is 18.7 Å². The van der Waals surface area contributed by atoms with E-state index >= 15 is 0 Å². The molecule has 1 heterocycles. The van der Waals surface area contributed by atoms with E-state index in [9.17, 15) is 14.4 Å². The smallest absolute Gasteiger partial charge is 0.325 e. The van der Waals surface area contributed by atoms with Gasteiger partial charge in [0.1, 0.15) is 24.0 Å². The molecule has 0 saturated carbocycles. The van der Waals surface area contributed by atoms with Crippen LogP contribution in [0.25, 0.3) is 11.0 Å². The average Bonchev–Trinajstić information content (AvgIpc) is 2.45. The highest BCUT2D eigenvalue weighted by molar-refractivity contribution is 5.97. The molecule has 0 saturated heterocycles. The van der Waals surface area contributed by atoms with E-state index in [0.29, 0.717) is 11.0 Å². The number of para-hydroxylation sites is 1. The standard InChI is InChI=1S/C13H11NO5/c1-18-11(15)6-14-13(17)9-7-19-10-5-3-2-4-8(10)12(9)16/h2-5,7H,6H2,1H3,(H,14,17). The molecule has 1 aromatic heterocycles. The molecule has 1 N–H and O–H groups in total. The molecule has 2 rings (SSSR count). The van der Waals surface area contributed by atoms with Gasteiger partial charge in [0, 0.05) is 0 Å². The number of rotatable bonds is 3. The highest BCUT2D eigenvalue weighted by Gasteiger charge is 2.14. The minimum atomic E-state index is -0.676. The minimum Gasteiger partial charge on any atom is -0.468 e. The molecule has 0 bridgehead atoms. The van der Waals surface area contributed by atoms with Crippen LogP contribution in [0.5, 0.6) is 0 Å². The van der Waals surface area contributed by atoms with E-state index < -0.39 is 17.3 Å². The summed E-state index contributed by atoms with van der Waals surface area (Å²) in [6.45, 7) is -0.304. The molecule has 0 fully saturated rings. The van der Waals surface area contributed by atoms with Gasteiger partial charge in [-0.2, -0.15) is 0 Å². The lowest BCUT2D eigenvalue weighted by molar-refractivity contribution is -0.139. The molecule has 1 aromatic carbocycles. The Bertz CT molecular complexity index is 689. The average molecular weight is 261 g/mol. The van der Waals surface area contributed by atoms with Gasteiger partial charge >= 0.3 is 5.97 Å². The van der Waals surface area contributed by atoms with Crippen LogP contribution in [0.15, 0.2) is 39.7 Å². The Balaban J connectivity index is 2.30. The molecule has 98 valence electrons. The SMILES string of the molecule is COC(=O)CNC(=O)c1coc2ccccc2c1=O. The number of benzene rings is 1. The van der Waals surface area contributed by atoms with Crippen molar-refractivity contribution in [2.75, 3.05) is 13.7 Å². The molecular formula is C13H11NO5. The molecule has 6 nitrogen and oxygen atoms in total. The molecule has 1 amide bonds. The van der Waals surface area contributed by atoms with Crippen molar-refractivity contribution in [1.29, 1.82) is 0 Å². The Labute approximate surface area is 108 Å². The Morgan fingerprint density at radius 3 is 2.79 bits per heavy atom. The van der Waals surface area contributed by atoms with E-state index in [1.165, 1.54) is 7.11 Å². The second kappa shape index (κ2) is 5.34. The van der Waals surface area contributed by atoms with Gasteiger partial charge in [0.15, 0.2) is 0 Å². The Kier molecular flexibility index (Phi) is 3.61. The van der Waals surface area contributed by atoms with Crippen molar-refractivity contribution in [3.05, 3.63) is 46.3 Å². The van der Waals surface area contributed by atoms with Gasteiger partial charge in [-0.1, -0.05) is 12.1 Å². The number of esters is 1. The highest BCUT2D eigenvalue weighted by atomic mass is 16.5. The van der Waals surface area contributed by atoms with Gasteiger partial charge < -0.3 is 14.5 Å². The fraction of sp³-hybridized carbons (Fsp3) is 0.154. The lowest BCUT2D eigenvalue weighted by atomic mass is 10.1. The molecule has 0 aliphatic rings. The summed E-state index contributed by atoms with van der Waals surface area (Å²) in [5.74, 6) is -1.27. The van der Waals surface area contributed by atoms with Crippen LogP contribution in [0.4, 0.5) is 0 Å². The minimum absolute atomic E-state index is 0.150. The second-order valence-corrected chi connectivity index (χ2v) is 3.73. The van der Waals surface area contributed by atoms with Crippen LogP contribution in [0.1, 0.15) is 10.4 Å². The lowest BCUT2D eigenvalue weighted by Crippen LogP contribution is -2.33. The summed E-state index contributed by atoms with van der Waals surface area (Å²) in [6, 6.07) is 6.60. The zero-order chi connectivity index (χ0) is 13.8. The Morgan fingerprint density at radius 1 is 1.32 bits per heavy atom. The van der Waals surface area contributed by atoms with Gasteiger partial charge in [-0.15, -0.1) is 0 Å². The predicted octanol–water partition coefficient (Wildman–Crippen LogP) is 0.696. The highest BCUT2D eigenvalue weighted by Crippen LogP contribution is 2.10. The number of ether oxygens (including phenoxy) is 1. The van der Waals surface area contributed by atoms with E-state index in [1.54, 1.807) is 24.3 Å². The van der Waals surface area contributed by atoms with Crippen molar-refractivity contribution >= 4 is 22.8 Å². The zero-order valence-electron chi connectivity index (χ0n) is 10.1. The molecule has 0 unspecified atom stereocenters. The summed E-state index contributed by atoms with van der Waals surface area (Å²) in [5, 5.41) is 2.59. The summed E-state index contributed by atoms with van der Waals surface area (Å²) in [7, 11) is 1.21. The Morgan fingerprint density at radius 2 is 2.05 bits per heavy atom. The molecule has 6 heteroatoms. The third-order valence-corrected chi connectivity index (χ3v) is 2.55. The number of methoxy groups -OCH3 is 1. The maximum Gasteiger partial charge on any atom is 0.325 e. The first-order valence-corrected chi connectivity index (χ1v) is 5.49. The molecule has 0 aliphatic heterocycles. The van der Waals surface area contributed by atoms with Gasteiger partial charge in [0.25, 0.3) is 5.91 Å². The lowest BCUT2D eigenvalue weighted by Gasteiger charge is -2.03. The number of nitrogens with one attached hydrogen (secondary N) is 1. The third kappa shape index (κ3) is 2.62. The molecule has 2 aromatic rings. The number of hydrogen-bond acceptors (Lipinski definition) is 5. The van der Waals surface area contributed by atoms with Gasteiger partial charge in [0.2, 0.25) is 5.43 Å². The monoisotopic (exact) mass is 261 g/mol. The van der Waals surface area contributed by atoms with Gasteiger partial charge in [-0.05, 0) is 12.1 Å². The maximum atomic E-state index is 12.0. The molecule has 0 atom stereocenters.